The van der Waals surface area contributed by atoms with Gasteiger partial charge < -0.3 is 14.8 Å². The van der Waals surface area contributed by atoms with E-state index in [0.717, 1.165) is 16.6 Å². The highest BCUT2D eigenvalue weighted by Crippen LogP contribution is 2.66. The maximum absolute atomic E-state index is 16.6. The summed E-state index contributed by atoms with van der Waals surface area (Å²) >= 11 is 12.9. The van der Waals surface area contributed by atoms with Crippen molar-refractivity contribution < 1.29 is 23.5 Å². The minimum Gasteiger partial charge on any atom is -0.465 e. The van der Waals surface area contributed by atoms with Crippen LogP contribution in [0, 0.1) is 11.3 Å². The molecule has 2 unspecified atom stereocenters. The number of methoxy groups -OCH3 is 2. The third-order valence-electron chi connectivity index (χ3n) is 9.64. The van der Waals surface area contributed by atoms with E-state index in [-0.39, 0.29) is 17.0 Å². The van der Waals surface area contributed by atoms with Crippen LogP contribution in [0.4, 0.5) is 10.1 Å². The van der Waals surface area contributed by atoms with E-state index in [2.05, 4.69) is 10.2 Å². The van der Waals surface area contributed by atoms with Gasteiger partial charge in [0.2, 0.25) is 5.91 Å². The fourth-order valence-corrected chi connectivity index (χ4v) is 8.47. The molecule has 1 aliphatic carbocycles. The molecule has 11 heteroatoms. The van der Waals surface area contributed by atoms with E-state index >= 15 is 4.39 Å². The van der Waals surface area contributed by atoms with Crippen molar-refractivity contribution in [1.29, 1.82) is 0 Å². The van der Waals surface area contributed by atoms with E-state index in [0.29, 0.717) is 41.4 Å². The minimum atomic E-state index is -1.56. The van der Waals surface area contributed by atoms with Crippen molar-refractivity contribution in [2.75, 3.05) is 32.7 Å². The average Bonchev–Trinajstić information content (AvgIpc) is 3.66. The number of amides is 1. The molecular formula is C31H29Cl2FN4O4. The van der Waals surface area contributed by atoms with E-state index in [1.54, 1.807) is 43.5 Å². The standard InChI is InChI=1S/C31H29Cl2FN4O4/c1-30(10-4-5-20(33)27(30)34)26-25-24(15-23-18-8-6-16(28(39)42-3)13-21(18)36-38(23)25)37(11-12-41-2)31(26)19-9-7-17(32)14-22(19)35-29(31)40/h4-10,13-14,24-27H,11-12,15H2,1-3H3,(H,35,40)/t24-,25+,26+,27?,30?,31+/m0/s1. The van der Waals surface area contributed by atoms with Crippen LogP contribution in [0.15, 0.2) is 59.7 Å². The zero-order valence-corrected chi connectivity index (χ0v) is 24.7. The number of ether oxygens (including phenoxy) is 2. The van der Waals surface area contributed by atoms with Gasteiger partial charge in [0.05, 0.1) is 35.9 Å². The highest BCUT2D eigenvalue weighted by atomic mass is 35.5. The Morgan fingerprint density at radius 3 is 2.79 bits per heavy atom. The van der Waals surface area contributed by atoms with Gasteiger partial charge in [-0.05, 0) is 30.3 Å². The molecule has 7 rings (SSSR count). The molecule has 1 aromatic heterocycles. The summed E-state index contributed by atoms with van der Waals surface area (Å²) in [6.07, 6.45) is 4.18. The molecule has 1 fully saturated rings. The zero-order chi connectivity index (χ0) is 29.6. The summed E-state index contributed by atoms with van der Waals surface area (Å²) in [7, 11) is 2.96. The Morgan fingerprint density at radius 2 is 2.02 bits per heavy atom. The Kier molecular flexibility index (Phi) is 6.33. The number of esters is 1. The molecule has 0 bridgehead atoms. The Morgan fingerprint density at radius 1 is 1.21 bits per heavy atom. The summed E-state index contributed by atoms with van der Waals surface area (Å²) in [5.41, 5.74) is 0.888. The lowest BCUT2D eigenvalue weighted by atomic mass is 9.60. The molecule has 2 aromatic carbocycles. The molecule has 8 nitrogen and oxygen atoms in total. The van der Waals surface area contributed by atoms with E-state index in [1.165, 1.54) is 7.11 Å². The fraction of sp³-hybridized carbons (Fsp3) is 0.387. The number of carbonyl (C=O) groups excluding carboxylic acids is 2. The van der Waals surface area contributed by atoms with E-state index in [4.69, 9.17) is 37.8 Å². The van der Waals surface area contributed by atoms with Gasteiger partial charge in [-0.2, -0.15) is 5.10 Å². The number of likely N-dealkylation sites (tertiary alicyclic amines) is 1. The molecule has 3 aliphatic heterocycles. The van der Waals surface area contributed by atoms with E-state index in [1.807, 2.05) is 29.8 Å². The Bertz CT molecular complexity index is 1720. The first-order valence-electron chi connectivity index (χ1n) is 13.8. The number of benzene rings is 2. The van der Waals surface area contributed by atoms with Crippen LogP contribution >= 0.6 is 23.2 Å². The molecule has 0 radical (unpaired) electrons. The topological polar surface area (TPSA) is 85.7 Å². The Labute approximate surface area is 252 Å². The van der Waals surface area contributed by atoms with Crippen molar-refractivity contribution in [3.05, 3.63) is 81.5 Å². The van der Waals surface area contributed by atoms with Crippen molar-refractivity contribution in [2.45, 2.75) is 37.1 Å². The average molecular weight is 612 g/mol. The van der Waals surface area contributed by atoms with Gasteiger partial charge in [-0.1, -0.05) is 54.4 Å². The molecule has 6 atom stereocenters. The number of hydrogen-bond donors (Lipinski definition) is 1. The second-order valence-corrected chi connectivity index (χ2v) is 12.5. The Balaban J connectivity index is 1.50. The monoisotopic (exact) mass is 610 g/mol. The molecule has 1 spiro atoms. The van der Waals surface area contributed by atoms with Gasteiger partial charge >= 0.3 is 5.97 Å². The summed E-state index contributed by atoms with van der Waals surface area (Å²) in [5.74, 6) is -1.33. The molecule has 4 heterocycles. The number of alkyl halides is 1. The number of allylic oxidation sites excluding steroid dienone is 4. The molecule has 1 amide bonds. The molecule has 4 aliphatic rings. The van der Waals surface area contributed by atoms with Crippen LogP contribution in [0.1, 0.15) is 34.6 Å². The van der Waals surface area contributed by atoms with Gasteiger partial charge in [0.15, 0.2) is 0 Å². The van der Waals surface area contributed by atoms with Crippen LogP contribution in [0.3, 0.4) is 0 Å². The summed E-state index contributed by atoms with van der Waals surface area (Å²) in [4.78, 5) is 28.9. The quantitative estimate of drug-likeness (QED) is 0.389. The third kappa shape index (κ3) is 3.51. The van der Waals surface area contributed by atoms with Crippen LogP contribution in [0.2, 0.25) is 5.02 Å². The van der Waals surface area contributed by atoms with Gasteiger partial charge in [0.1, 0.15) is 11.7 Å². The first-order chi connectivity index (χ1) is 20.2. The van der Waals surface area contributed by atoms with Crippen molar-refractivity contribution in [3.8, 4) is 0 Å². The predicted octanol–water partition coefficient (Wildman–Crippen LogP) is 5.40. The van der Waals surface area contributed by atoms with E-state index < -0.39 is 35.1 Å². The number of aromatic nitrogens is 2. The molecule has 1 N–H and O–H groups in total. The second-order valence-electron chi connectivity index (χ2n) is 11.6. The smallest absolute Gasteiger partial charge is 0.337 e. The molecule has 218 valence electrons. The van der Waals surface area contributed by atoms with Gasteiger partial charge in [0, 0.05) is 64.8 Å². The molecule has 1 saturated heterocycles. The van der Waals surface area contributed by atoms with Crippen LogP contribution < -0.4 is 5.32 Å². The number of nitrogens with one attached hydrogen (secondary N) is 1. The number of fused-ring (bicyclic) bond motifs is 7. The molecule has 0 saturated carbocycles. The first-order valence-corrected chi connectivity index (χ1v) is 14.6. The second kappa shape index (κ2) is 9.64. The Hall–Kier alpha value is -3.24. The van der Waals surface area contributed by atoms with Crippen LogP contribution in [0.5, 0.6) is 0 Å². The van der Waals surface area contributed by atoms with Crippen LogP contribution in [0.25, 0.3) is 10.9 Å². The van der Waals surface area contributed by atoms with Crippen molar-refractivity contribution in [1.82, 2.24) is 14.7 Å². The van der Waals surface area contributed by atoms with Crippen molar-refractivity contribution in [3.63, 3.8) is 0 Å². The number of nitrogens with zero attached hydrogens (tertiary/aromatic N) is 3. The number of rotatable bonds is 5. The summed E-state index contributed by atoms with van der Waals surface area (Å²) in [6.45, 7) is 2.63. The van der Waals surface area contributed by atoms with Gasteiger partial charge in [-0.15, -0.1) is 0 Å². The largest absolute Gasteiger partial charge is 0.465 e. The lowest BCUT2D eigenvalue weighted by Gasteiger charge is -2.48. The van der Waals surface area contributed by atoms with Gasteiger partial charge in [-0.25, -0.2) is 9.18 Å². The van der Waals surface area contributed by atoms with Crippen LogP contribution in [-0.4, -0.2) is 66.1 Å². The van der Waals surface area contributed by atoms with Gasteiger partial charge in [-0.3, -0.25) is 14.4 Å². The summed E-state index contributed by atoms with van der Waals surface area (Å²) < 4.78 is 29.0. The lowest BCUT2D eigenvalue weighted by molar-refractivity contribution is -0.133. The number of halogens is 3. The molecule has 42 heavy (non-hydrogen) atoms. The molecular weight excluding hydrogens is 582 g/mol. The third-order valence-corrected chi connectivity index (χ3v) is 10.2. The van der Waals surface area contributed by atoms with Crippen molar-refractivity contribution >= 4 is 51.7 Å². The maximum Gasteiger partial charge on any atom is 0.337 e. The predicted molar refractivity (Wildman–Crippen MR) is 158 cm³/mol. The summed E-state index contributed by atoms with van der Waals surface area (Å²) in [5, 5.41) is 9.56. The first kappa shape index (κ1) is 27.6. The van der Waals surface area contributed by atoms with Crippen molar-refractivity contribution in [2.24, 2.45) is 11.3 Å². The normalized spacial score (nSPS) is 31.3. The number of carbonyl (C=O) groups is 2. The maximum atomic E-state index is 16.6. The molecule has 3 aromatic rings. The SMILES string of the molecule is COCCN1[C@H]2Cc3c4ccc(C(=O)OC)cc4nn3[C@H]2[C@H](C2(C)C=CC=C(Cl)C2F)[C@]12C(=O)Nc1cc(Cl)ccc12. The van der Waals surface area contributed by atoms with Crippen LogP contribution in [-0.2, 0) is 26.2 Å². The zero-order valence-electron chi connectivity index (χ0n) is 23.2. The van der Waals surface area contributed by atoms with E-state index in [9.17, 15) is 9.59 Å². The minimum absolute atomic E-state index is 0.0864. The van der Waals surface area contributed by atoms with Gasteiger partial charge in [0.25, 0.3) is 0 Å². The summed E-state index contributed by atoms with van der Waals surface area (Å²) in [6, 6.07) is 10.1. The highest BCUT2D eigenvalue weighted by molar-refractivity contribution is 6.31. The lowest BCUT2D eigenvalue weighted by Crippen LogP contribution is -2.58. The number of anilines is 1. The number of hydrogen-bond acceptors (Lipinski definition) is 6. The highest BCUT2D eigenvalue weighted by Gasteiger charge is 2.73. The fourth-order valence-electron chi connectivity index (χ4n) is 7.99.